The number of anilines is 1. The fourth-order valence-electron chi connectivity index (χ4n) is 1.81. The maximum absolute atomic E-state index is 12.6. The highest BCUT2D eigenvalue weighted by molar-refractivity contribution is 6.30. The van der Waals surface area contributed by atoms with Crippen molar-refractivity contribution in [2.45, 2.75) is 12.6 Å². The molecule has 0 aliphatic heterocycles. The Morgan fingerprint density at radius 1 is 1.30 bits per heavy atom. The smallest absolute Gasteiger partial charge is 0.385 e. The second-order valence-electron chi connectivity index (χ2n) is 4.43. The predicted octanol–water partition coefficient (Wildman–Crippen LogP) is 3.75. The molecule has 7 heteroatoms. The van der Waals surface area contributed by atoms with Gasteiger partial charge >= 0.3 is 6.18 Å². The summed E-state index contributed by atoms with van der Waals surface area (Å²) in [5, 5.41) is 7.02. The van der Waals surface area contributed by atoms with E-state index in [1.165, 1.54) is 6.07 Å². The highest BCUT2D eigenvalue weighted by Gasteiger charge is 2.31. The Hall–Kier alpha value is -1.69. The van der Waals surface area contributed by atoms with Gasteiger partial charge in [-0.25, -0.2) is 0 Å². The Morgan fingerprint density at radius 3 is 2.65 bits per heavy atom. The van der Waals surface area contributed by atoms with Gasteiger partial charge in [-0.05, 0) is 30.2 Å². The summed E-state index contributed by atoms with van der Waals surface area (Å²) >= 11 is 5.70. The zero-order valence-electron chi connectivity index (χ0n) is 10.7. The monoisotopic (exact) mass is 303 g/mol. The van der Waals surface area contributed by atoms with Gasteiger partial charge in [-0.3, -0.25) is 4.68 Å². The molecule has 1 aromatic heterocycles. The van der Waals surface area contributed by atoms with E-state index < -0.39 is 11.7 Å². The summed E-state index contributed by atoms with van der Waals surface area (Å²) in [6, 6.07) is 3.43. The van der Waals surface area contributed by atoms with Crippen LogP contribution in [0.3, 0.4) is 0 Å². The van der Waals surface area contributed by atoms with Crippen LogP contribution in [-0.4, -0.2) is 16.3 Å². The summed E-state index contributed by atoms with van der Waals surface area (Å²) in [5.74, 6) is 0. The van der Waals surface area contributed by atoms with Gasteiger partial charge in [0.05, 0.1) is 11.8 Å². The highest BCUT2D eigenvalue weighted by atomic mass is 35.5. The van der Waals surface area contributed by atoms with Crippen molar-refractivity contribution in [1.82, 2.24) is 9.78 Å². The third-order valence-electron chi connectivity index (χ3n) is 2.73. The van der Waals surface area contributed by atoms with Crippen LogP contribution >= 0.6 is 11.6 Å². The molecule has 1 aromatic carbocycles. The number of halogens is 4. The van der Waals surface area contributed by atoms with Crippen LogP contribution in [0.15, 0.2) is 30.6 Å². The summed E-state index contributed by atoms with van der Waals surface area (Å²) in [5.41, 5.74) is 0.612. The molecule has 0 saturated carbocycles. The Balaban J connectivity index is 2.00. The van der Waals surface area contributed by atoms with Crippen molar-refractivity contribution in [2.24, 2.45) is 7.05 Å². The van der Waals surface area contributed by atoms with Crippen LogP contribution in [0.25, 0.3) is 0 Å². The molecule has 0 aliphatic carbocycles. The number of alkyl halides is 3. The van der Waals surface area contributed by atoms with Crippen molar-refractivity contribution >= 4 is 17.3 Å². The number of nitrogens with zero attached hydrogens (tertiary/aromatic N) is 2. The number of nitrogens with one attached hydrogen (secondary N) is 1. The van der Waals surface area contributed by atoms with Crippen LogP contribution in [0, 0.1) is 0 Å². The van der Waals surface area contributed by atoms with Gasteiger partial charge in [-0.15, -0.1) is 0 Å². The largest absolute Gasteiger partial charge is 0.416 e. The van der Waals surface area contributed by atoms with E-state index in [1.54, 1.807) is 10.9 Å². The lowest BCUT2D eigenvalue weighted by Gasteiger charge is -2.11. The first-order valence-electron chi connectivity index (χ1n) is 5.94. The van der Waals surface area contributed by atoms with Gasteiger partial charge in [0.25, 0.3) is 0 Å². The van der Waals surface area contributed by atoms with E-state index in [0.29, 0.717) is 18.7 Å². The number of hydrogen-bond acceptors (Lipinski definition) is 2. The standard InChI is InChI=1S/C13H13ClF3N3/c1-20-8-9(7-19-20)2-3-18-12-5-10(13(15,16)17)4-11(14)6-12/h4-8,18H,2-3H2,1H3. The van der Waals surface area contributed by atoms with Gasteiger partial charge in [0.1, 0.15) is 0 Å². The molecule has 0 unspecified atom stereocenters. The molecule has 3 nitrogen and oxygen atoms in total. The Labute approximate surface area is 119 Å². The summed E-state index contributed by atoms with van der Waals surface area (Å²) in [7, 11) is 1.81. The average molecular weight is 304 g/mol. The summed E-state index contributed by atoms with van der Waals surface area (Å²) in [4.78, 5) is 0. The normalized spacial score (nSPS) is 11.7. The molecule has 1 N–H and O–H groups in total. The lowest BCUT2D eigenvalue weighted by atomic mass is 10.2. The Morgan fingerprint density at radius 2 is 2.05 bits per heavy atom. The quantitative estimate of drug-likeness (QED) is 0.932. The lowest BCUT2D eigenvalue weighted by Crippen LogP contribution is -2.08. The molecule has 0 amide bonds. The molecule has 0 fully saturated rings. The molecule has 1 heterocycles. The minimum Gasteiger partial charge on any atom is -0.385 e. The maximum atomic E-state index is 12.6. The van der Waals surface area contributed by atoms with Crippen LogP contribution in [0.5, 0.6) is 0 Å². The van der Waals surface area contributed by atoms with Crippen molar-refractivity contribution in [3.05, 3.63) is 46.7 Å². The van der Waals surface area contributed by atoms with Crippen LogP contribution < -0.4 is 5.32 Å². The van der Waals surface area contributed by atoms with Gasteiger partial charge in [0.2, 0.25) is 0 Å². The van der Waals surface area contributed by atoms with Gasteiger partial charge < -0.3 is 5.32 Å². The molecule has 0 spiro atoms. The van der Waals surface area contributed by atoms with Crippen LogP contribution in [0.2, 0.25) is 5.02 Å². The van der Waals surface area contributed by atoms with Crippen molar-refractivity contribution in [3.63, 3.8) is 0 Å². The van der Waals surface area contributed by atoms with Crippen LogP contribution in [0.4, 0.5) is 18.9 Å². The molecule has 0 saturated heterocycles. The minimum atomic E-state index is -4.40. The average Bonchev–Trinajstić information content (AvgIpc) is 2.73. The molecule has 0 radical (unpaired) electrons. The van der Waals surface area contributed by atoms with Gasteiger partial charge in [0, 0.05) is 30.5 Å². The zero-order chi connectivity index (χ0) is 14.8. The van der Waals surface area contributed by atoms with E-state index in [2.05, 4.69) is 10.4 Å². The predicted molar refractivity (Wildman–Crippen MR) is 71.9 cm³/mol. The number of aryl methyl sites for hydroxylation is 1. The second kappa shape index (κ2) is 5.75. The Bertz CT molecular complexity index is 593. The molecule has 20 heavy (non-hydrogen) atoms. The topological polar surface area (TPSA) is 29.9 Å². The van der Waals surface area contributed by atoms with E-state index in [0.717, 1.165) is 17.7 Å². The Kier molecular flexibility index (Phi) is 4.23. The van der Waals surface area contributed by atoms with Crippen molar-refractivity contribution < 1.29 is 13.2 Å². The van der Waals surface area contributed by atoms with E-state index in [1.807, 2.05) is 13.2 Å². The van der Waals surface area contributed by atoms with E-state index in [-0.39, 0.29) is 5.02 Å². The van der Waals surface area contributed by atoms with E-state index in [4.69, 9.17) is 11.6 Å². The van der Waals surface area contributed by atoms with Crippen LogP contribution in [-0.2, 0) is 19.6 Å². The molecule has 0 bridgehead atoms. The number of aromatic nitrogens is 2. The van der Waals surface area contributed by atoms with Gasteiger partial charge in [0.15, 0.2) is 0 Å². The van der Waals surface area contributed by atoms with E-state index in [9.17, 15) is 13.2 Å². The second-order valence-corrected chi connectivity index (χ2v) is 4.86. The SMILES string of the molecule is Cn1cc(CCNc2cc(Cl)cc(C(F)(F)F)c2)cn1. The van der Waals surface area contributed by atoms with Crippen molar-refractivity contribution in [1.29, 1.82) is 0 Å². The fraction of sp³-hybridized carbons (Fsp3) is 0.308. The molecule has 0 aliphatic rings. The molecule has 0 atom stereocenters. The molecular formula is C13H13ClF3N3. The molecule has 108 valence electrons. The van der Waals surface area contributed by atoms with Crippen molar-refractivity contribution in [2.75, 3.05) is 11.9 Å². The highest BCUT2D eigenvalue weighted by Crippen LogP contribution is 2.33. The summed E-state index contributed by atoms with van der Waals surface area (Å²) in [6.45, 7) is 0.503. The number of rotatable bonds is 4. The van der Waals surface area contributed by atoms with Gasteiger partial charge in [-0.2, -0.15) is 18.3 Å². The number of benzene rings is 1. The minimum absolute atomic E-state index is 0.0590. The molecular weight excluding hydrogens is 291 g/mol. The fourth-order valence-corrected chi connectivity index (χ4v) is 2.04. The zero-order valence-corrected chi connectivity index (χ0v) is 11.5. The first-order valence-corrected chi connectivity index (χ1v) is 6.31. The van der Waals surface area contributed by atoms with Gasteiger partial charge in [-0.1, -0.05) is 11.6 Å². The molecule has 2 rings (SSSR count). The summed E-state index contributed by atoms with van der Waals surface area (Å²) < 4.78 is 39.6. The third-order valence-corrected chi connectivity index (χ3v) is 2.94. The first-order chi connectivity index (χ1) is 9.34. The number of hydrogen-bond donors (Lipinski definition) is 1. The molecule has 2 aromatic rings. The lowest BCUT2D eigenvalue weighted by molar-refractivity contribution is -0.137. The summed E-state index contributed by atoms with van der Waals surface area (Å²) in [6.07, 6.45) is -0.145. The van der Waals surface area contributed by atoms with Crippen LogP contribution in [0.1, 0.15) is 11.1 Å². The first kappa shape index (κ1) is 14.7. The van der Waals surface area contributed by atoms with Crippen molar-refractivity contribution in [3.8, 4) is 0 Å². The third kappa shape index (κ3) is 3.90. The maximum Gasteiger partial charge on any atom is 0.416 e. The van der Waals surface area contributed by atoms with E-state index >= 15 is 0 Å².